The van der Waals surface area contributed by atoms with Crippen molar-refractivity contribution in [2.24, 2.45) is 0 Å². The van der Waals surface area contributed by atoms with Gasteiger partial charge in [0, 0.05) is 6.04 Å². The lowest BCUT2D eigenvalue weighted by molar-refractivity contribution is -0.137. The molecule has 1 aliphatic rings. The van der Waals surface area contributed by atoms with E-state index < -0.39 is 17.6 Å². The zero-order valence-electron chi connectivity index (χ0n) is 14.3. The van der Waals surface area contributed by atoms with Crippen LogP contribution in [0.3, 0.4) is 0 Å². The Hall–Kier alpha value is -2.34. The number of carbonyl (C=O) groups excluding carboxylic acids is 1. The predicted octanol–water partition coefficient (Wildman–Crippen LogP) is 4.35. The fourth-order valence-electron chi connectivity index (χ4n) is 3.43. The van der Waals surface area contributed by atoms with E-state index in [1.165, 1.54) is 23.8 Å². The Bertz CT molecular complexity index is 746. The number of alkyl halides is 3. The highest BCUT2D eigenvalue weighted by Gasteiger charge is 2.34. The molecule has 0 aromatic heterocycles. The normalized spacial score (nSPS) is 18.0. The van der Waals surface area contributed by atoms with Gasteiger partial charge < -0.3 is 5.32 Å². The summed E-state index contributed by atoms with van der Waals surface area (Å²) in [6, 6.07) is 15.3. The minimum atomic E-state index is -4.49. The number of likely N-dealkylation sites (tertiary alicyclic amines) is 1. The van der Waals surface area contributed by atoms with Crippen molar-refractivity contribution in [3.8, 4) is 0 Å². The Labute approximate surface area is 150 Å². The zero-order chi connectivity index (χ0) is 18.6. The van der Waals surface area contributed by atoms with Crippen LogP contribution in [0, 0.1) is 0 Å². The van der Waals surface area contributed by atoms with Gasteiger partial charge >= 0.3 is 6.18 Å². The van der Waals surface area contributed by atoms with Crippen LogP contribution in [0.4, 0.5) is 18.9 Å². The number of carbonyl (C=O) groups is 1. The number of para-hydroxylation sites is 1. The van der Waals surface area contributed by atoms with Crippen LogP contribution in [0.1, 0.15) is 24.0 Å². The van der Waals surface area contributed by atoms with E-state index in [0.29, 0.717) is 0 Å². The van der Waals surface area contributed by atoms with Gasteiger partial charge in [0.1, 0.15) is 0 Å². The van der Waals surface area contributed by atoms with Crippen molar-refractivity contribution in [2.75, 3.05) is 18.4 Å². The third kappa shape index (κ3) is 4.64. The van der Waals surface area contributed by atoms with E-state index in [1.807, 2.05) is 18.2 Å². The number of benzene rings is 2. The number of hydrogen-bond acceptors (Lipinski definition) is 2. The fourth-order valence-corrected chi connectivity index (χ4v) is 3.43. The number of nitrogens with one attached hydrogen (secondary N) is 1. The van der Waals surface area contributed by atoms with Gasteiger partial charge in [0.2, 0.25) is 5.91 Å². The molecule has 2 aromatic rings. The first-order chi connectivity index (χ1) is 12.4. The van der Waals surface area contributed by atoms with Crippen molar-refractivity contribution in [2.45, 2.75) is 31.5 Å². The van der Waals surface area contributed by atoms with Crippen molar-refractivity contribution < 1.29 is 18.0 Å². The number of anilines is 1. The molecule has 1 unspecified atom stereocenters. The van der Waals surface area contributed by atoms with E-state index in [2.05, 4.69) is 22.3 Å². The molecule has 1 amide bonds. The quantitative estimate of drug-likeness (QED) is 0.858. The summed E-state index contributed by atoms with van der Waals surface area (Å²) >= 11 is 0. The summed E-state index contributed by atoms with van der Waals surface area (Å²) in [7, 11) is 0. The molecule has 3 rings (SSSR count). The standard InChI is InChI=1S/C20H21F3N2O/c21-20(22,23)17-10-4-5-11-18(17)24-19(26)14-25-12-6-9-16(25)13-15-7-2-1-3-8-15/h1-5,7-8,10-11,16H,6,9,12-14H2,(H,24,26). The number of rotatable bonds is 5. The molecule has 0 radical (unpaired) electrons. The molecule has 1 aliphatic heterocycles. The lowest BCUT2D eigenvalue weighted by Crippen LogP contribution is -2.38. The number of amides is 1. The first-order valence-corrected chi connectivity index (χ1v) is 8.67. The van der Waals surface area contributed by atoms with Crippen LogP contribution in [-0.2, 0) is 17.4 Å². The molecule has 0 spiro atoms. The Kier molecular flexibility index (Phi) is 5.61. The molecule has 1 heterocycles. The van der Waals surface area contributed by atoms with Crippen LogP contribution in [0.2, 0.25) is 0 Å². The third-order valence-electron chi connectivity index (χ3n) is 4.67. The summed E-state index contributed by atoms with van der Waals surface area (Å²) in [4.78, 5) is 14.4. The van der Waals surface area contributed by atoms with Gasteiger partial charge in [-0.3, -0.25) is 9.69 Å². The number of hydrogen-bond donors (Lipinski definition) is 1. The Morgan fingerprint density at radius 3 is 2.50 bits per heavy atom. The summed E-state index contributed by atoms with van der Waals surface area (Å²) in [6.45, 7) is 0.884. The maximum absolute atomic E-state index is 13.0. The smallest absolute Gasteiger partial charge is 0.324 e. The van der Waals surface area contributed by atoms with Crippen LogP contribution >= 0.6 is 0 Å². The molecule has 6 heteroatoms. The molecule has 0 bridgehead atoms. The highest BCUT2D eigenvalue weighted by atomic mass is 19.4. The van der Waals surface area contributed by atoms with E-state index in [-0.39, 0.29) is 18.3 Å². The lowest BCUT2D eigenvalue weighted by Gasteiger charge is -2.24. The summed E-state index contributed by atoms with van der Waals surface area (Å²) in [6.07, 6.45) is -1.67. The molecular weight excluding hydrogens is 341 g/mol. The molecule has 1 atom stereocenters. The molecule has 1 N–H and O–H groups in total. The first-order valence-electron chi connectivity index (χ1n) is 8.67. The van der Waals surface area contributed by atoms with E-state index in [1.54, 1.807) is 0 Å². The second kappa shape index (κ2) is 7.91. The molecule has 1 saturated heterocycles. The van der Waals surface area contributed by atoms with Crippen LogP contribution in [-0.4, -0.2) is 29.9 Å². The van der Waals surface area contributed by atoms with Crippen molar-refractivity contribution in [3.63, 3.8) is 0 Å². The SMILES string of the molecule is O=C(CN1CCCC1Cc1ccccc1)Nc1ccccc1C(F)(F)F. The molecule has 3 nitrogen and oxygen atoms in total. The first kappa shape index (κ1) is 18.5. The van der Waals surface area contributed by atoms with Crippen molar-refractivity contribution in [3.05, 3.63) is 65.7 Å². The van der Waals surface area contributed by atoms with Crippen molar-refractivity contribution in [1.82, 2.24) is 4.90 Å². The molecule has 26 heavy (non-hydrogen) atoms. The van der Waals surface area contributed by atoms with Crippen molar-refractivity contribution >= 4 is 11.6 Å². The average Bonchev–Trinajstić information content (AvgIpc) is 3.02. The Balaban J connectivity index is 1.63. The summed E-state index contributed by atoms with van der Waals surface area (Å²) < 4.78 is 39.1. The Morgan fingerprint density at radius 1 is 1.08 bits per heavy atom. The predicted molar refractivity (Wildman–Crippen MR) is 94.8 cm³/mol. The summed E-state index contributed by atoms with van der Waals surface area (Å²) in [5.74, 6) is -0.415. The summed E-state index contributed by atoms with van der Waals surface area (Å²) in [5.41, 5.74) is 0.187. The molecule has 0 aliphatic carbocycles. The highest BCUT2D eigenvalue weighted by molar-refractivity contribution is 5.93. The van der Waals surface area contributed by atoms with Gasteiger partial charge in [-0.25, -0.2) is 0 Å². The van der Waals surface area contributed by atoms with E-state index >= 15 is 0 Å². The van der Waals surface area contributed by atoms with Gasteiger partial charge in [-0.2, -0.15) is 13.2 Å². The van der Waals surface area contributed by atoms with Gasteiger partial charge in [0.05, 0.1) is 17.8 Å². The van der Waals surface area contributed by atoms with Crippen LogP contribution in [0.5, 0.6) is 0 Å². The minimum absolute atomic E-state index is 0.101. The fraction of sp³-hybridized carbons (Fsp3) is 0.350. The molecule has 1 fully saturated rings. The maximum Gasteiger partial charge on any atom is 0.418 e. The lowest BCUT2D eigenvalue weighted by atomic mass is 10.0. The second-order valence-corrected chi connectivity index (χ2v) is 6.55. The average molecular weight is 362 g/mol. The van der Waals surface area contributed by atoms with Gasteiger partial charge in [0.25, 0.3) is 0 Å². The number of halogens is 3. The summed E-state index contributed by atoms with van der Waals surface area (Å²) in [5, 5.41) is 2.43. The topological polar surface area (TPSA) is 32.3 Å². The monoisotopic (exact) mass is 362 g/mol. The largest absolute Gasteiger partial charge is 0.418 e. The third-order valence-corrected chi connectivity index (χ3v) is 4.67. The van der Waals surface area contributed by atoms with Gasteiger partial charge in [-0.05, 0) is 43.5 Å². The Morgan fingerprint density at radius 2 is 1.77 bits per heavy atom. The van der Waals surface area contributed by atoms with E-state index in [0.717, 1.165) is 31.9 Å². The minimum Gasteiger partial charge on any atom is -0.324 e. The highest BCUT2D eigenvalue weighted by Crippen LogP contribution is 2.34. The van der Waals surface area contributed by atoms with Crippen LogP contribution in [0.15, 0.2) is 54.6 Å². The molecular formula is C20H21F3N2O. The molecule has 0 saturated carbocycles. The van der Waals surface area contributed by atoms with Crippen LogP contribution in [0.25, 0.3) is 0 Å². The van der Waals surface area contributed by atoms with Gasteiger partial charge in [-0.15, -0.1) is 0 Å². The van der Waals surface area contributed by atoms with E-state index in [4.69, 9.17) is 0 Å². The number of nitrogens with zero attached hydrogens (tertiary/aromatic N) is 1. The zero-order valence-corrected chi connectivity index (χ0v) is 14.3. The van der Waals surface area contributed by atoms with Crippen molar-refractivity contribution in [1.29, 1.82) is 0 Å². The van der Waals surface area contributed by atoms with E-state index in [9.17, 15) is 18.0 Å². The molecule has 138 valence electrons. The van der Waals surface area contributed by atoms with Gasteiger partial charge in [-0.1, -0.05) is 42.5 Å². The maximum atomic E-state index is 13.0. The van der Waals surface area contributed by atoms with Crippen LogP contribution < -0.4 is 5.32 Å². The second-order valence-electron chi connectivity index (χ2n) is 6.55. The van der Waals surface area contributed by atoms with Gasteiger partial charge in [0.15, 0.2) is 0 Å². The molecule has 2 aromatic carbocycles.